The van der Waals surface area contributed by atoms with Gasteiger partial charge in [-0.15, -0.1) is 11.3 Å². The lowest BCUT2D eigenvalue weighted by Gasteiger charge is -2.04. The molecule has 0 spiro atoms. The molecule has 0 aliphatic rings. The predicted octanol–water partition coefficient (Wildman–Crippen LogP) is 3.17. The average molecular weight is 172 g/mol. The third-order valence-corrected chi connectivity index (χ3v) is 2.95. The Morgan fingerprint density at radius 1 is 1.70 bits per heavy atom. The summed E-state index contributed by atoms with van der Waals surface area (Å²) in [5.41, 5.74) is 0. The molecule has 1 atom stereocenters. The molecule has 0 saturated carbocycles. The van der Waals surface area contributed by atoms with E-state index in [0.717, 1.165) is 5.75 Å². The van der Waals surface area contributed by atoms with Gasteiger partial charge in [-0.25, -0.2) is 0 Å². The summed E-state index contributed by atoms with van der Waals surface area (Å²) in [6.07, 6.45) is 1.18. The Bertz CT molecular complexity index is 167. The lowest BCUT2D eigenvalue weighted by Crippen LogP contribution is -1.89. The highest BCUT2D eigenvalue weighted by atomic mass is 32.1. The van der Waals surface area contributed by atoms with Gasteiger partial charge >= 0.3 is 0 Å². The second-order valence-corrected chi connectivity index (χ2v) is 3.86. The molecule has 0 radical (unpaired) electrons. The predicted molar refractivity (Wildman–Crippen MR) is 51.2 cm³/mol. The molecule has 2 heteroatoms. The van der Waals surface area contributed by atoms with Gasteiger partial charge in [0.15, 0.2) is 0 Å². The summed E-state index contributed by atoms with van der Waals surface area (Å²) in [4.78, 5) is 1.48. The zero-order chi connectivity index (χ0) is 7.40. The fourth-order valence-corrected chi connectivity index (χ4v) is 2.12. The molecule has 0 aromatic carbocycles. The molecule has 0 aliphatic carbocycles. The van der Waals surface area contributed by atoms with Crippen molar-refractivity contribution in [3.63, 3.8) is 0 Å². The van der Waals surface area contributed by atoms with Gasteiger partial charge in [-0.05, 0) is 29.5 Å². The van der Waals surface area contributed by atoms with E-state index in [0.29, 0.717) is 5.92 Å². The van der Waals surface area contributed by atoms with Crippen molar-refractivity contribution in [3.05, 3.63) is 22.4 Å². The number of thiol groups is 1. The largest absolute Gasteiger partial charge is 0.179 e. The maximum atomic E-state index is 4.20. The van der Waals surface area contributed by atoms with Crippen LogP contribution in [0.25, 0.3) is 0 Å². The lowest BCUT2D eigenvalue weighted by molar-refractivity contribution is 0.757. The van der Waals surface area contributed by atoms with Crippen molar-refractivity contribution >= 4 is 24.0 Å². The van der Waals surface area contributed by atoms with E-state index >= 15 is 0 Å². The highest BCUT2D eigenvalue weighted by Gasteiger charge is 2.03. The zero-order valence-corrected chi connectivity index (χ0v) is 7.79. The van der Waals surface area contributed by atoms with E-state index in [2.05, 4.69) is 37.1 Å². The molecule has 1 rings (SSSR count). The first-order valence-corrected chi connectivity index (χ1v) is 5.00. The fourth-order valence-electron chi connectivity index (χ4n) is 0.908. The average Bonchev–Trinajstić information content (AvgIpc) is 2.38. The third kappa shape index (κ3) is 2.03. The molecule has 0 aliphatic heterocycles. The van der Waals surface area contributed by atoms with E-state index < -0.39 is 0 Å². The summed E-state index contributed by atoms with van der Waals surface area (Å²) in [6, 6.07) is 4.30. The summed E-state index contributed by atoms with van der Waals surface area (Å²) in [6.45, 7) is 2.25. The first-order valence-electron chi connectivity index (χ1n) is 3.49. The first-order chi connectivity index (χ1) is 4.84. The molecule has 1 unspecified atom stereocenters. The van der Waals surface area contributed by atoms with Crippen molar-refractivity contribution in [3.8, 4) is 0 Å². The van der Waals surface area contributed by atoms with Crippen LogP contribution in [0.15, 0.2) is 17.5 Å². The maximum absolute atomic E-state index is 4.20. The van der Waals surface area contributed by atoms with E-state index in [4.69, 9.17) is 0 Å². The lowest BCUT2D eigenvalue weighted by atomic mass is 10.1. The van der Waals surface area contributed by atoms with Crippen LogP contribution in [-0.2, 0) is 0 Å². The SMILES string of the molecule is CC(CCS)c1cccs1. The Hall–Kier alpha value is 0.0500. The van der Waals surface area contributed by atoms with E-state index in [9.17, 15) is 0 Å². The molecule has 0 bridgehead atoms. The van der Waals surface area contributed by atoms with Gasteiger partial charge in [0.2, 0.25) is 0 Å². The van der Waals surface area contributed by atoms with Crippen molar-refractivity contribution in [2.24, 2.45) is 0 Å². The van der Waals surface area contributed by atoms with Crippen LogP contribution in [0, 0.1) is 0 Å². The summed E-state index contributed by atoms with van der Waals surface area (Å²) < 4.78 is 0. The van der Waals surface area contributed by atoms with Crippen LogP contribution in [0.1, 0.15) is 24.1 Å². The molecular weight excluding hydrogens is 160 g/mol. The smallest absolute Gasteiger partial charge is 0.00737 e. The van der Waals surface area contributed by atoms with E-state index in [1.54, 1.807) is 0 Å². The maximum Gasteiger partial charge on any atom is 0.00737 e. The second-order valence-electron chi connectivity index (χ2n) is 2.43. The minimum Gasteiger partial charge on any atom is -0.179 e. The van der Waals surface area contributed by atoms with Crippen LogP contribution < -0.4 is 0 Å². The number of hydrogen-bond acceptors (Lipinski definition) is 2. The molecule has 0 amide bonds. The summed E-state index contributed by atoms with van der Waals surface area (Å²) in [5.74, 6) is 1.68. The summed E-state index contributed by atoms with van der Waals surface area (Å²) in [7, 11) is 0. The van der Waals surface area contributed by atoms with E-state index in [-0.39, 0.29) is 0 Å². The monoisotopic (exact) mass is 172 g/mol. The second kappa shape index (κ2) is 4.04. The molecule has 1 aromatic heterocycles. The summed E-state index contributed by atoms with van der Waals surface area (Å²) >= 11 is 6.03. The van der Waals surface area contributed by atoms with E-state index in [1.165, 1.54) is 11.3 Å². The van der Waals surface area contributed by atoms with Crippen LogP contribution >= 0.6 is 24.0 Å². The summed E-state index contributed by atoms with van der Waals surface area (Å²) in [5, 5.41) is 2.13. The fraction of sp³-hybridized carbons (Fsp3) is 0.500. The van der Waals surface area contributed by atoms with Crippen molar-refractivity contribution in [1.29, 1.82) is 0 Å². The number of rotatable bonds is 3. The van der Waals surface area contributed by atoms with Crippen molar-refractivity contribution in [1.82, 2.24) is 0 Å². The Morgan fingerprint density at radius 3 is 3.00 bits per heavy atom. The van der Waals surface area contributed by atoms with Crippen LogP contribution in [0.4, 0.5) is 0 Å². The molecule has 10 heavy (non-hydrogen) atoms. The molecule has 1 heterocycles. The van der Waals surface area contributed by atoms with Gasteiger partial charge in [0, 0.05) is 4.88 Å². The third-order valence-electron chi connectivity index (χ3n) is 1.59. The van der Waals surface area contributed by atoms with Gasteiger partial charge in [-0.1, -0.05) is 13.0 Å². The zero-order valence-electron chi connectivity index (χ0n) is 6.08. The highest BCUT2D eigenvalue weighted by Crippen LogP contribution is 2.23. The van der Waals surface area contributed by atoms with Gasteiger partial charge in [-0.2, -0.15) is 12.6 Å². The first kappa shape index (κ1) is 8.15. The highest BCUT2D eigenvalue weighted by molar-refractivity contribution is 7.80. The Kier molecular flexibility index (Phi) is 3.29. The Labute approximate surface area is 71.7 Å². The molecule has 0 nitrogen and oxygen atoms in total. The number of hydrogen-bond donors (Lipinski definition) is 1. The molecular formula is C8H12S2. The standard InChI is InChI=1S/C8H12S2/c1-7(4-5-9)8-3-2-6-10-8/h2-3,6-7,9H,4-5H2,1H3. The van der Waals surface area contributed by atoms with Gasteiger partial charge in [0.1, 0.15) is 0 Å². The molecule has 0 fully saturated rings. The van der Waals surface area contributed by atoms with Crippen LogP contribution in [0.2, 0.25) is 0 Å². The molecule has 0 N–H and O–H groups in total. The van der Waals surface area contributed by atoms with Crippen LogP contribution in [0.3, 0.4) is 0 Å². The van der Waals surface area contributed by atoms with Gasteiger partial charge in [0.25, 0.3) is 0 Å². The van der Waals surface area contributed by atoms with Crippen molar-refractivity contribution < 1.29 is 0 Å². The quantitative estimate of drug-likeness (QED) is 0.665. The molecule has 56 valence electrons. The van der Waals surface area contributed by atoms with Gasteiger partial charge in [-0.3, -0.25) is 0 Å². The minimum absolute atomic E-state index is 0.692. The van der Waals surface area contributed by atoms with Crippen molar-refractivity contribution in [2.75, 3.05) is 5.75 Å². The van der Waals surface area contributed by atoms with Crippen LogP contribution in [0.5, 0.6) is 0 Å². The van der Waals surface area contributed by atoms with Gasteiger partial charge in [0.05, 0.1) is 0 Å². The van der Waals surface area contributed by atoms with E-state index in [1.807, 2.05) is 11.3 Å². The van der Waals surface area contributed by atoms with Gasteiger partial charge < -0.3 is 0 Å². The molecule has 0 saturated heterocycles. The number of thiophene rings is 1. The molecule has 1 aromatic rings. The topological polar surface area (TPSA) is 0 Å². The Balaban J connectivity index is 2.50. The Morgan fingerprint density at radius 2 is 2.50 bits per heavy atom. The normalized spacial score (nSPS) is 13.4. The minimum atomic E-state index is 0.692. The van der Waals surface area contributed by atoms with Crippen LogP contribution in [-0.4, -0.2) is 5.75 Å². The van der Waals surface area contributed by atoms with Crippen molar-refractivity contribution in [2.45, 2.75) is 19.3 Å².